The van der Waals surface area contributed by atoms with Gasteiger partial charge in [0.1, 0.15) is 5.60 Å². The Morgan fingerprint density at radius 2 is 2.00 bits per heavy atom. The molecule has 0 unspecified atom stereocenters. The van der Waals surface area contributed by atoms with Gasteiger partial charge >= 0.3 is 6.09 Å². The summed E-state index contributed by atoms with van der Waals surface area (Å²) < 4.78 is 28.7. The fourth-order valence-electron chi connectivity index (χ4n) is 0.631. The van der Waals surface area contributed by atoms with Gasteiger partial charge in [-0.05, 0) is 20.8 Å². The number of hydrogen-bond acceptors (Lipinski definition) is 5. The zero-order valence-electron chi connectivity index (χ0n) is 8.98. The van der Waals surface area contributed by atoms with Crippen molar-refractivity contribution >= 4 is 16.1 Å². The first-order valence-electron chi connectivity index (χ1n) is 4.29. The lowest BCUT2D eigenvalue weighted by Gasteiger charge is -2.19. The van der Waals surface area contributed by atoms with Gasteiger partial charge in [-0.15, -0.1) is 0 Å². The zero-order chi connectivity index (χ0) is 12.1. The number of nitrogens with two attached hydrogens (primary N) is 1. The van der Waals surface area contributed by atoms with Gasteiger partial charge in [0.05, 0.1) is 0 Å². The van der Waals surface area contributed by atoms with Crippen LogP contribution in [0.2, 0.25) is 0 Å². The lowest BCUT2D eigenvalue weighted by molar-refractivity contribution is 0.0571. The van der Waals surface area contributed by atoms with Crippen LogP contribution in [0.25, 0.3) is 0 Å². The summed E-state index contributed by atoms with van der Waals surface area (Å²) in [7, 11) is -3.80. The molecule has 1 amide bonds. The summed E-state index contributed by atoms with van der Waals surface area (Å²) >= 11 is 0. The summed E-state index contributed by atoms with van der Waals surface area (Å²) in [6, 6.07) is 0. The predicted molar refractivity (Wildman–Crippen MR) is 56.5 cm³/mol. The number of nitrogens with one attached hydrogen (secondary N) is 1. The second-order valence-electron chi connectivity index (χ2n) is 3.76. The summed E-state index contributed by atoms with van der Waals surface area (Å²) in [6.45, 7) is 4.98. The number of ether oxygens (including phenoxy) is 1. The van der Waals surface area contributed by atoms with Crippen molar-refractivity contribution in [2.45, 2.75) is 26.4 Å². The third-order valence-electron chi connectivity index (χ3n) is 1.04. The zero-order valence-corrected chi connectivity index (χ0v) is 9.80. The Bertz CT molecular complexity index is 340. The van der Waals surface area contributed by atoms with Gasteiger partial charge in [-0.2, -0.15) is 0 Å². The first kappa shape index (κ1) is 13.9. The number of amides is 1. The van der Waals surface area contributed by atoms with E-state index in [2.05, 4.69) is 0 Å². The Labute approximate surface area is 89.5 Å². The van der Waals surface area contributed by atoms with Crippen LogP contribution in [0.1, 0.15) is 20.8 Å². The molecule has 0 aliphatic carbocycles. The number of carbonyl (C=O) groups is 1. The molecule has 0 aliphatic heterocycles. The van der Waals surface area contributed by atoms with Crippen molar-refractivity contribution in [2.75, 3.05) is 6.54 Å². The molecule has 0 fully saturated rings. The van der Waals surface area contributed by atoms with Gasteiger partial charge in [-0.1, -0.05) is 6.08 Å². The molecule has 0 spiro atoms. The summed E-state index contributed by atoms with van der Waals surface area (Å²) in [6.07, 6.45) is 0.205. The summed E-state index contributed by atoms with van der Waals surface area (Å²) in [5, 5.41) is 0.816. The second-order valence-corrected chi connectivity index (χ2v) is 5.32. The molecule has 88 valence electrons. The third-order valence-corrected chi connectivity index (χ3v) is 2.04. The maximum absolute atomic E-state index is 11.1. The summed E-state index contributed by atoms with van der Waals surface area (Å²) in [5.74, 6) is 0. The molecule has 0 rings (SSSR count). The highest BCUT2D eigenvalue weighted by atomic mass is 32.2. The van der Waals surface area contributed by atoms with Gasteiger partial charge in [0, 0.05) is 12.0 Å². The van der Waals surface area contributed by atoms with E-state index in [1.165, 1.54) is 6.08 Å². The van der Waals surface area contributed by atoms with Crippen molar-refractivity contribution in [3.05, 3.63) is 11.5 Å². The molecular formula is C8H16N2O4S. The van der Waals surface area contributed by atoms with E-state index in [0.29, 0.717) is 0 Å². The average molecular weight is 236 g/mol. The monoisotopic (exact) mass is 236 g/mol. The second kappa shape index (κ2) is 5.13. The topological polar surface area (TPSA) is 98.5 Å². The maximum atomic E-state index is 11.1. The van der Waals surface area contributed by atoms with E-state index < -0.39 is 21.7 Å². The van der Waals surface area contributed by atoms with Gasteiger partial charge in [0.25, 0.3) is 10.0 Å². The first-order chi connectivity index (χ1) is 6.66. The van der Waals surface area contributed by atoms with Crippen LogP contribution in [-0.4, -0.2) is 26.7 Å². The molecule has 0 heterocycles. The molecule has 0 saturated carbocycles. The van der Waals surface area contributed by atoms with Crippen molar-refractivity contribution in [3.63, 3.8) is 0 Å². The minimum atomic E-state index is -3.80. The summed E-state index contributed by atoms with van der Waals surface area (Å²) in [4.78, 5) is 11.1. The van der Waals surface area contributed by atoms with Crippen molar-refractivity contribution in [1.29, 1.82) is 0 Å². The third kappa shape index (κ3) is 7.95. The Morgan fingerprint density at radius 3 is 2.40 bits per heavy atom. The molecule has 0 bridgehead atoms. The largest absolute Gasteiger partial charge is 0.443 e. The van der Waals surface area contributed by atoms with Gasteiger partial charge in [0.15, 0.2) is 0 Å². The molecule has 6 nitrogen and oxygen atoms in total. The quantitative estimate of drug-likeness (QED) is 0.735. The molecule has 0 aromatic heterocycles. The molecule has 0 radical (unpaired) electrons. The van der Waals surface area contributed by atoms with Crippen molar-refractivity contribution in [3.8, 4) is 0 Å². The van der Waals surface area contributed by atoms with E-state index in [0.717, 1.165) is 5.41 Å². The summed E-state index contributed by atoms with van der Waals surface area (Å²) in [5.41, 5.74) is 4.33. The van der Waals surface area contributed by atoms with Crippen molar-refractivity contribution < 1.29 is 17.9 Å². The number of carbonyl (C=O) groups excluding carboxylic acids is 1. The van der Waals surface area contributed by atoms with E-state index >= 15 is 0 Å². The smallest absolute Gasteiger partial charge is 0.421 e. The highest BCUT2D eigenvalue weighted by molar-refractivity contribution is 7.92. The van der Waals surface area contributed by atoms with E-state index in [-0.39, 0.29) is 6.54 Å². The molecular weight excluding hydrogens is 220 g/mol. The van der Waals surface area contributed by atoms with Crippen LogP contribution in [0.15, 0.2) is 11.5 Å². The lowest BCUT2D eigenvalue weighted by Crippen LogP contribution is -2.35. The fraction of sp³-hybridized carbons (Fsp3) is 0.625. The highest BCUT2D eigenvalue weighted by Crippen LogP contribution is 2.06. The van der Waals surface area contributed by atoms with Crippen LogP contribution in [0.5, 0.6) is 0 Å². The van der Waals surface area contributed by atoms with Gasteiger partial charge in [0.2, 0.25) is 0 Å². The van der Waals surface area contributed by atoms with Crippen LogP contribution in [0.3, 0.4) is 0 Å². The number of rotatable bonds is 3. The fourth-order valence-corrected chi connectivity index (χ4v) is 1.34. The lowest BCUT2D eigenvalue weighted by atomic mass is 10.2. The van der Waals surface area contributed by atoms with E-state index in [9.17, 15) is 13.2 Å². The minimum Gasteiger partial charge on any atom is -0.443 e. The molecule has 0 aromatic rings. The van der Waals surface area contributed by atoms with Crippen LogP contribution in [-0.2, 0) is 14.8 Å². The number of sulfonamides is 1. The van der Waals surface area contributed by atoms with E-state index in [1.54, 1.807) is 25.5 Å². The van der Waals surface area contributed by atoms with Gasteiger partial charge in [-0.25, -0.2) is 17.9 Å². The molecule has 15 heavy (non-hydrogen) atoms. The van der Waals surface area contributed by atoms with Gasteiger partial charge < -0.3 is 10.5 Å². The molecule has 0 aliphatic rings. The Kier molecular flexibility index (Phi) is 4.76. The normalized spacial score (nSPS) is 12.8. The molecule has 7 heteroatoms. The van der Waals surface area contributed by atoms with Crippen molar-refractivity contribution in [1.82, 2.24) is 4.72 Å². The predicted octanol–water partition coefficient (Wildman–Crippen LogP) is 0.313. The van der Waals surface area contributed by atoms with E-state index in [4.69, 9.17) is 10.5 Å². The van der Waals surface area contributed by atoms with Crippen LogP contribution in [0.4, 0.5) is 4.79 Å². The average Bonchev–Trinajstić information content (AvgIpc) is 1.95. The highest BCUT2D eigenvalue weighted by Gasteiger charge is 2.19. The number of hydrogen-bond donors (Lipinski definition) is 2. The SMILES string of the molecule is CC(C)(C)OC(=O)NS(=O)(=O)/C=C/CN. The van der Waals surface area contributed by atoms with E-state index in [1.807, 2.05) is 0 Å². The van der Waals surface area contributed by atoms with Crippen molar-refractivity contribution in [2.24, 2.45) is 5.73 Å². The molecule has 0 aromatic carbocycles. The first-order valence-corrected chi connectivity index (χ1v) is 5.83. The Balaban J connectivity index is 4.36. The minimum absolute atomic E-state index is 0.0786. The van der Waals surface area contributed by atoms with Crippen LogP contribution >= 0.6 is 0 Å². The molecule has 0 saturated heterocycles. The maximum Gasteiger partial charge on any atom is 0.421 e. The van der Waals surface area contributed by atoms with Crippen LogP contribution < -0.4 is 10.5 Å². The Hall–Kier alpha value is -1.08. The molecule has 0 atom stereocenters. The molecule has 3 N–H and O–H groups in total. The van der Waals surface area contributed by atoms with Crippen LogP contribution in [0, 0.1) is 0 Å². The van der Waals surface area contributed by atoms with Gasteiger partial charge in [-0.3, -0.25) is 0 Å². The Morgan fingerprint density at radius 1 is 1.47 bits per heavy atom. The standard InChI is InChI=1S/C8H16N2O4S/c1-8(2,3)14-7(11)10-15(12,13)6-4-5-9/h4,6H,5,9H2,1-3H3,(H,10,11)/b6-4+.